The van der Waals surface area contributed by atoms with Crippen molar-refractivity contribution in [3.63, 3.8) is 0 Å². The number of hydrogen-bond acceptors (Lipinski definition) is 7. The molecular weight excluding hydrogens is 506 g/mol. The van der Waals surface area contributed by atoms with E-state index in [1.54, 1.807) is 52.0 Å². The zero-order valence-electron chi connectivity index (χ0n) is 21.9. The van der Waals surface area contributed by atoms with Crippen LogP contribution in [0.3, 0.4) is 0 Å². The van der Waals surface area contributed by atoms with Gasteiger partial charge in [-0.25, -0.2) is 4.79 Å². The number of carbonyl (C=O) groups is 3. The second kappa shape index (κ2) is 10.7. The lowest BCUT2D eigenvalue weighted by molar-refractivity contribution is -0.275. The maximum Gasteiger partial charge on any atom is 0.337 e. The summed E-state index contributed by atoms with van der Waals surface area (Å²) in [6.07, 6.45) is -0.874. The number of amides is 1. The number of benzene rings is 1. The van der Waals surface area contributed by atoms with E-state index in [0.717, 1.165) is 10.6 Å². The standard InChI is InChI=1S/C25H36ClNO6SSi/c1-15(20(34)17-10-12-18(26)13-11-17)21-25(14-19(28)31-6,16(2)33-35(7,8)9)22(29)27(21)32-23(30)24(3,4)5/h10-13,15-16,21H,14H2,1-9H3/t15-,16+,21-,25+/m0/s1. The number of methoxy groups -OCH3 is 1. The Labute approximate surface area is 219 Å². The first-order valence-electron chi connectivity index (χ1n) is 11.6. The number of thiocarbonyl (C=S) groups is 1. The summed E-state index contributed by atoms with van der Waals surface area (Å²) in [6.45, 7) is 14.8. The number of carbonyl (C=O) groups excluding carboxylic acids is 3. The van der Waals surface area contributed by atoms with Gasteiger partial charge < -0.3 is 14.0 Å². The minimum absolute atomic E-state index is 0.226. The van der Waals surface area contributed by atoms with E-state index in [9.17, 15) is 14.4 Å². The monoisotopic (exact) mass is 541 g/mol. The van der Waals surface area contributed by atoms with E-state index in [-0.39, 0.29) is 6.42 Å². The molecule has 1 aromatic carbocycles. The van der Waals surface area contributed by atoms with E-state index in [1.165, 1.54) is 7.11 Å². The summed E-state index contributed by atoms with van der Waals surface area (Å²) in [5.41, 5.74) is -1.41. The molecule has 10 heteroatoms. The maximum absolute atomic E-state index is 13.8. The summed E-state index contributed by atoms with van der Waals surface area (Å²) in [6, 6.07) is 6.33. The summed E-state index contributed by atoms with van der Waals surface area (Å²) in [4.78, 5) is 45.3. The molecule has 1 saturated heterocycles. The number of hydroxylamine groups is 2. The highest BCUT2D eigenvalue weighted by Crippen LogP contribution is 2.51. The molecule has 35 heavy (non-hydrogen) atoms. The van der Waals surface area contributed by atoms with Crippen LogP contribution >= 0.6 is 23.8 Å². The molecule has 7 nitrogen and oxygen atoms in total. The first-order chi connectivity index (χ1) is 16.0. The minimum atomic E-state index is -2.13. The van der Waals surface area contributed by atoms with Gasteiger partial charge in [0.25, 0.3) is 5.91 Å². The Kier molecular flexibility index (Phi) is 8.96. The fraction of sp³-hybridized carbons (Fsp3) is 0.600. The molecule has 1 amide bonds. The summed E-state index contributed by atoms with van der Waals surface area (Å²) in [5, 5.41) is 1.65. The summed E-state index contributed by atoms with van der Waals surface area (Å²) >= 11 is 11.9. The predicted octanol–water partition coefficient (Wildman–Crippen LogP) is 5.20. The number of β-lactam (4-membered cyclic amide) rings is 1. The van der Waals surface area contributed by atoms with Crippen LogP contribution in [0, 0.1) is 16.7 Å². The lowest BCUT2D eigenvalue weighted by atomic mass is 9.61. The van der Waals surface area contributed by atoms with Gasteiger partial charge in [-0.1, -0.05) is 42.9 Å². The number of rotatable bonds is 9. The summed E-state index contributed by atoms with van der Waals surface area (Å²) in [5.74, 6) is -2.08. The van der Waals surface area contributed by atoms with Crippen molar-refractivity contribution in [2.24, 2.45) is 16.7 Å². The van der Waals surface area contributed by atoms with Crippen molar-refractivity contribution < 1.29 is 28.4 Å². The van der Waals surface area contributed by atoms with Crippen LogP contribution in [0.2, 0.25) is 24.7 Å². The van der Waals surface area contributed by atoms with Gasteiger partial charge in [-0.15, -0.1) is 0 Å². The van der Waals surface area contributed by atoms with Gasteiger partial charge in [0.2, 0.25) is 0 Å². The molecule has 1 aliphatic rings. The van der Waals surface area contributed by atoms with Gasteiger partial charge >= 0.3 is 11.9 Å². The second-order valence-corrected chi connectivity index (χ2v) is 16.4. The molecule has 0 bridgehead atoms. The van der Waals surface area contributed by atoms with Crippen molar-refractivity contribution in [1.29, 1.82) is 0 Å². The van der Waals surface area contributed by atoms with Crippen molar-refractivity contribution in [2.45, 2.75) is 72.8 Å². The third-order valence-electron chi connectivity index (χ3n) is 6.11. The molecule has 0 unspecified atom stereocenters. The minimum Gasteiger partial charge on any atom is -0.469 e. The first kappa shape index (κ1) is 29.4. The summed E-state index contributed by atoms with van der Waals surface area (Å²) in [7, 11) is -0.852. The van der Waals surface area contributed by atoms with Gasteiger partial charge in [0.05, 0.1) is 31.1 Å². The van der Waals surface area contributed by atoms with Crippen LogP contribution in [0.1, 0.15) is 46.6 Å². The topological polar surface area (TPSA) is 82.1 Å². The van der Waals surface area contributed by atoms with Gasteiger partial charge in [0.15, 0.2) is 8.32 Å². The van der Waals surface area contributed by atoms with Crippen molar-refractivity contribution in [3.8, 4) is 0 Å². The van der Waals surface area contributed by atoms with Crippen LogP contribution in [0.4, 0.5) is 0 Å². The smallest absolute Gasteiger partial charge is 0.337 e. The molecule has 0 saturated carbocycles. The Hall–Kier alpha value is -1.81. The van der Waals surface area contributed by atoms with Crippen molar-refractivity contribution >= 4 is 54.8 Å². The quantitative estimate of drug-likeness (QED) is 0.140. The number of ether oxygens (including phenoxy) is 1. The Morgan fingerprint density at radius 3 is 2.17 bits per heavy atom. The zero-order valence-corrected chi connectivity index (χ0v) is 24.5. The van der Waals surface area contributed by atoms with Crippen LogP contribution < -0.4 is 0 Å². The van der Waals surface area contributed by atoms with Crippen LogP contribution in [-0.4, -0.2) is 55.3 Å². The molecule has 194 valence electrons. The van der Waals surface area contributed by atoms with Crippen LogP contribution in [0.5, 0.6) is 0 Å². The summed E-state index contributed by atoms with van der Waals surface area (Å²) < 4.78 is 11.3. The fourth-order valence-electron chi connectivity index (χ4n) is 4.28. The van der Waals surface area contributed by atoms with E-state index in [0.29, 0.717) is 9.89 Å². The highest BCUT2D eigenvalue weighted by molar-refractivity contribution is 7.80. The number of esters is 1. The van der Waals surface area contributed by atoms with Crippen LogP contribution in [0.25, 0.3) is 0 Å². The highest BCUT2D eigenvalue weighted by atomic mass is 35.5. The van der Waals surface area contributed by atoms with Crippen LogP contribution in [0.15, 0.2) is 24.3 Å². The SMILES string of the molecule is COC(=O)C[C@]1([C@@H](C)O[Si](C)(C)C)C(=O)N(OC(=O)C(C)(C)C)[C@H]1[C@@H](C)C(=S)c1ccc(Cl)cc1. The van der Waals surface area contributed by atoms with Gasteiger partial charge in [0, 0.05) is 15.8 Å². The zero-order chi connectivity index (χ0) is 26.9. The highest BCUT2D eigenvalue weighted by Gasteiger charge is 2.69. The Morgan fingerprint density at radius 2 is 1.71 bits per heavy atom. The molecule has 0 N–H and O–H groups in total. The van der Waals surface area contributed by atoms with Crippen LogP contribution in [-0.2, 0) is 28.4 Å². The van der Waals surface area contributed by atoms with E-state index in [2.05, 4.69) is 0 Å². The predicted molar refractivity (Wildman–Crippen MR) is 141 cm³/mol. The molecule has 1 heterocycles. The number of hydrogen-bond donors (Lipinski definition) is 0. The molecule has 0 radical (unpaired) electrons. The lowest BCUT2D eigenvalue weighted by Crippen LogP contribution is -2.76. The van der Waals surface area contributed by atoms with Crippen molar-refractivity contribution in [1.82, 2.24) is 5.06 Å². The molecule has 0 aliphatic carbocycles. The average Bonchev–Trinajstić information content (AvgIpc) is 2.74. The molecule has 1 aliphatic heterocycles. The van der Waals surface area contributed by atoms with Gasteiger partial charge in [-0.2, -0.15) is 5.06 Å². The normalized spacial score (nSPS) is 22.2. The van der Waals surface area contributed by atoms with Gasteiger partial charge in [0.1, 0.15) is 5.41 Å². The van der Waals surface area contributed by atoms with E-state index < -0.39 is 55.1 Å². The van der Waals surface area contributed by atoms with E-state index in [1.807, 2.05) is 26.6 Å². The average molecular weight is 542 g/mol. The molecule has 4 atom stereocenters. The third kappa shape index (κ3) is 6.31. The number of nitrogens with zero attached hydrogens (tertiary/aromatic N) is 1. The Bertz CT molecular complexity index is 987. The second-order valence-electron chi connectivity index (χ2n) is 11.0. The van der Waals surface area contributed by atoms with Gasteiger partial charge in [-0.05, 0) is 65.0 Å². The van der Waals surface area contributed by atoms with Crippen molar-refractivity contribution in [2.75, 3.05) is 7.11 Å². The number of halogens is 1. The first-order valence-corrected chi connectivity index (χ1v) is 15.8. The fourth-order valence-corrected chi connectivity index (χ4v) is 5.94. The molecule has 2 rings (SSSR count). The largest absolute Gasteiger partial charge is 0.469 e. The Balaban J connectivity index is 2.60. The molecule has 1 aromatic rings. The molecular formula is C25H36ClNO6SSi. The molecule has 0 spiro atoms. The van der Waals surface area contributed by atoms with Gasteiger partial charge in [-0.3, -0.25) is 9.59 Å². The van der Waals surface area contributed by atoms with E-state index >= 15 is 0 Å². The molecule has 0 aromatic heterocycles. The lowest BCUT2D eigenvalue weighted by Gasteiger charge is -2.58. The van der Waals surface area contributed by atoms with Crippen molar-refractivity contribution in [3.05, 3.63) is 34.9 Å². The molecule has 1 fully saturated rings. The van der Waals surface area contributed by atoms with E-state index in [4.69, 9.17) is 37.8 Å². The maximum atomic E-state index is 13.8. The Morgan fingerprint density at radius 1 is 1.17 bits per heavy atom. The third-order valence-corrected chi connectivity index (χ3v) is 8.03.